The SMILES string of the molecule is C#CCOC[C@@H](O)CN(CCOC)Cc1ccc(OC)c(OC)c1. The first-order valence-electron chi connectivity index (χ1n) is 7.76. The predicted octanol–water partition coefficient (Wildman–Crippen LogP) is 1.16. The van der Waals surface area contributed by atoms with Gasteiger partial charge >= 0.3 is 0 Å². The lowest BCUT2D eigenvalue weighted by atomic mass is 10.1. The lowest BCUT2D eigenvalue weighted by Crippen LogP contribution is -2.36. The summed E-state index contributed by atoms with van der Waals surface area (Å²) >= 11 is 0. The van der Waals surface area contributed by atoms with Crippen molar-refractivity contribution < 1.29 is 24.1 Å². The van der Waals surface area contributed by atoms with Crippen molar-refractivity contribution in [1.82, 2.24) is 4.90 Å². The van der Waals surface area contributed by atoms with Crippen molar-refractivity contribution in [3.63, 3.8) is 0 Å². The van der Waals surface area contributed by atoms with E-state index in [0.717, 1.165) is 5.56 Å². The molecule has 0 bridgehead atoms. The molecule has 0 heterocycles. The molecule has 0 aliphatic rings. The van der Waals surface area contributed by atoms with Crippen LogP contribution in [0.25, 0.3) is 0 Å². The van der Waals surface area contributed by atoms with Crippen LogP contribution in [-0.2, 0) is 16.0 Å². The molecule has 1 aromatic carbocycles. The van der Waals surface area contributed by atoms with Crippen molar-refractivity contribution >= 4 is 0 Å². The second kappa shape index (κ2) is 11.7. The summed E-state index contributed by atoms with van der Waals surface area (Å²) in [4.78, 5) is 2.09. The van der Waals surface area contributed by atoms with Crippen molar-refractivity contribution in [1.29, 1.82) is 0 Å². The summed E-state index contributed by atoms with van der Waals surface area (Å²) in [6.45, 7) is 2.78. The second-order valence-electron chi connectivity index (χ2n) is 5.29. The van der Waals surface area contributed by atoms with Gasteiger partial charge in [-0.05, 0) is 17.7 Å². The quantitative estimate of drug-likeness (QED) is 0.456. The van der Waals surface area contributed by atoms with E-state index in [2.05, 4.69) is 10.8 Å². The van der Waals surface area contributed by atoms with Crippen molar-refractivity contribution in [2.45, 2.75) is 12.6 Å². The van der Waals surface area contributed by atoms with Crippen LogP contribution in [0.15, 0.2) is 18.2 Å². The Balaban J connectivity index is 2.69. The number of hydrogen-bond acceptors (Lipinski definition) is 6. The summed E-state index contributed by atoms with van der Waals surface area (Å²) in [6, 6.07) is 5.78. The number of ether oxygens (including phenoxy) is 4. The van der Waals surface area contributed by atoms with Crippen LogP contribution >= 0.6 is 0 Å². The maximum atomic E-state index is 10.1. The standard InChI is InChI=1S/C18H27NO5/c1-5-9-24-14-16(20)13-19(8-10-21-2)12-15-6-7-17(22-3)18(11-15)23-4/h1,6-7,11,16,20H,8-10,12-14H2,2-4H3/t16-/m0/s1. The third kappa shape index (κ3) is 7.20. The summed E-state index contributed by atoms with van der Waals surface area (Å²) in [5.41, 5.74) is 1.06. The molecule has 6 nitrogen and oxygen atoms in total. The first kappa shape index (κ1) is 20.3. The molecule has 1 rings (SSSR count). The maximum absolute atomic E-state index is 10.1. The average Bonchev–Trinajstić information content (AvgIpc) is 2.59. The van der Waals surface area contributed by atoms with Crippen LogP contribution in [0, 0.1) is 12.3 Å². The molecule has 0 fully saturated rings. The van der Waals surface area contributed by atoms with Gasteiger partial charge in [0.2, 0.25) is 0 Å². The Morgan fingerprint density at radius 1 is 1.21 bits per heavy atom. The highest BCUT2D eigenvalue weighted by atomic mass is 16.5. The highest BCUT2D eigenvalue weighted by Crippen LogP contribution is 2.28. The molecular weight excluding hydrogens is 310 g/mol. The van der Waals surface area contributed by atoms with Gasteiger partial charge in [0.1, 0.15) is 6.61 Å². The van der Waals surface area contributed by atoms with E-state index >= 15 is 0 Å². The Morgan fingerprint density at radius 3 is 2.58 bits per heavy atom. The topological polar surface area (TPSA) is 60.4 Å². The van der Waals surface area contributed by atoms with Crippen molar-refractivity contribution in [3.8, 4) is 23.8 Å². The van der Waals surface area contributed by atoms with Crippen molar-refractivity contribution in [3.05, 3.63) is 23.8 Å². The second-order valence-corrected chi connectivity index (χ2v) is 5.29. The fourth-order valence-corrected chi connectivity index (χ4v) is 2.30. The number of nitrogens with zero attached hydrogens (tertiary/aromatic N) is 1. The summed E-state index contributed by atoms with van der Waals surface area (Å²) < 4.78 is 20.9. The van der Waals surface area contributed by atoms with Gasteiger partial charge in [0.25, 0.3) is 0 Å². The molecule has 1 N–H and O–H groups in total. The fraction of sp³-hybridized carbons (Fsp3) is 0.556. The van der Waals surface area contributed by atoms with E-state index in [0.29, 0.717) is 37.7 Å². The molecule has 0 amide bonds. The number of aliphatic hydroxyl groups is 1. The minimum Gasteiger partial charge on any atom is -0.493 e. The zero-order valence-corrected chi connectivity index (χ0v) is 14.7. The van der Waals surface area contributed by atoms with E-state index in [4.69, 9.17) is 25.4 Å². The summed E-state index contributed by atoms with van der Waals surface area (Å²) in [5.74, 6) is 3.75. The average molecular weight is 337 g/mol. The molecule has 1 aromatic rings. The molecule has 0 aliphatic heterocycles. The number of benzene rings is 1. The molecule has 0 radical (unpaired) electrons. The number of aliphatic hydroxyl groups excluding tert-OH is 1. The molecule has 0 saturated heterocycles. The zero-order chi connectivity index (χ0) is 17.8. The van der Waals surface area contributed by atoms with E-state index in [1.54, 1.807) is 21.3 Å². The Bertz CT molecular complexity index is 515. The number of rotatable bonds is 12. The van der Waals surface area contributed by atoms with Crippen LogP contribution < -0.4 is 9.47 Å². The largest absolute Gasteiger partial charge is 0.493 e. The third-order valence-corrected chi connectivity index (χ3v) is 3.43. The van der Waals surface area contributed by atoms with E-state index in [-0.39, 0.29) is 13.2 Å². The van der Waals surface area contributed by atoms with Gasteiger partial charge in [-0.3, -0.25) is 4.90 Å². The molecule has 134 valence electrons. The highest BCUT2D eigenvalue weighted by molar-refractivity contribution is 5.42. The molecule has 0 unspecified atom stereocenters. The van der Waals surface area contributed by atoms with Gasteiger partial charge < -0.3 is 24.1 Å². The zero-order valence-electron chi connectivity index (χ0n) is 14.7. The van der Waals surface area contributed by atoms with Gasteiger partial charge in [-0.2, -0.15) is 0 Å². The molecule has 0 spiro atoms. The monoisotopic (exact) mass is 337 g/mol. The Kier molecular flexibility index (Phi) is 9.89. The predicted molar refractivity (Wildman–Crippen MR) is 92.4 cm³/mol. The summed E-state index contributed by atoms with van der Waals surface area (Å²) in [5, 5.41) is 10.1. The van der Waals surface area contributed by atoms with E-state index < -0.39 is 6.10 Å². The van der Waals surface area contributed by atoms with Crippen molar-refractivity contribution in [2.24, 2.45) is 0 Å². The number of terminal acetylenes is 1. The molecular formula is C18H27NO5. The molecule has 1 atom stereocenters. The number of hydrogen-bond donors (Lipinski definition) is 1. The highest BCUT2D eigenvalue weighted by Gasteiger charge is 2.14. The van der Waals surface area contributed by atoms with Gasteiger partial charge in [-0.1, -0.05) is 12.0 Å². The minimum atomic E-state index is -0.615. The van der Waals surface area contributed by atoms with Crippen LogP contribution in [0.5, 0.6) is 11.5 Å². The Hall–Kier alpha value is -1.78. The normalized spacial score (nSPS) is 12.0. The van der Waals surface area contributed by atoms with E-state index in [1.165, 1.54) is 0 Å². The Labute approximate surface area is 144 Å². The molecule has 24 heavy (non-hydrogen) atoms. The van der Waals surface area contributed by atoms with E-state index in [9.17, 15) is 5.11 Å². The molecule has 0 saturated carbocycles. The Morgan fingerprint density at radius 2 is 1.96 bits per heavy atom. The molecule has 6 heteroatoms. The van der Waals surface area contributed by atoms with Gasteiger partial charge in [0, 0.05) is 26.7 Å². The van der Waals surface area contributed by atoms with Gasteiger partial charge in [0.15, 0.2) is 11.5 Å². The van der Waals surface area contributed by atoms with Crippen molar-refractivity contribution in [2.75, 3.05) is 54.2 Å². The lowest BCUT2D eigenvalue weighted by Gasteiger charge is -2.25. The fourth-order valence-electron chi connectivity index (χ4n) is 2.30. The van der Waals surface area contributed by atoms with Crippen LogP contribution in [0.3, 0.4) is 0 Å². The van der Waals surface area contributed by atoms with Crippen LogP contribution in [-0.4, -0.2) is 70.3 Å². The molecule has 0 aliphatic carbocycles. The first-order chi connectivity index (χ1) is 11.6. The third-order valence-electron chi connectivity index (χ3n) is 3.43. The van der Waals surface area contributed by atoms with E-state index in [1.807, 2.05) is 18.2 Å². The maximum Gasteiger partial charge on any atom is 0.161 e. The molecule has 0 aromatic heterocycles. The van der Waals surface area contributed by atoms with Gasteiger partial charge in [0.05, 0.1) is 33.5 Å². The van der Waals surface area contributed by atoms with Crippen LogP contribution in [0.4, 0.5) is 0 Å². The summed E-state index contributed by atoms with van der Waals surface area (Å²) in [7, 11) is 4.87. The minimum absolute atomic E-state index is 0.199. The summed E-state index contributed by atoms with van der Waals surface area (Å²) in [6.07, 6.45) is 4.51. The first-order valence-corrected chi connectivity index (χ1v) is 7.76. The smallest absolute Gasteiger partial charge is 0.161 e. The van der Waals surface area contributed by atoms with Crippen LogP contribution in [0.1, 0.15) is 5.56 Å². The van der Waals surface area contributed by atoms with Gasteiger partial charge in [-0.25, -0.2) is 0 Å². The van der Waals surface area contributed by atoms with Gasteiger partial charge in [-0.15, -0.1) is 6.42 Å². The lowest BCUT2D eigenvalue weighted by molar-refractivity contribution is 0.0207. The van der Waals surface area contributed by atoms with Crippen LogP contribution in [0.2, 0.25) is 0 Å². The number of methoxy groups -OCH3 is 3.